The first-order chi connectivity index (χ1) is 9.15. The van der Waals surface area contributed by atoms with Crippen molar-refractivity contribution >= 4 is 39.8 Å². The molecule has 0 atom stereocenters. The number of nitrogens with one attached hydrogen (secondary N) is 1. The molecule has 2 rings (SSSR count). The molecular weight excluding hydrogens is 371 g/mol. The van der Waals surface area contributed by atoms with E-state index in [4.69, 9.17) is 0 Å². The van der Waals surface area contributed by atoms with Crippen LogP contribution in [0.15, 0.2) is 11.4 Å². The normalized spacial score (nSPS) is 17.6. The van der Waals surface area contributed by atoms with Gasteiger partial charge in [-0.25, -0.2) is 0 Å². The maximum Gasteiger partial charge on any atom is 0.252 e. The molecule has 0 aromatic carbocycles. The molecule has 1 fully saturated rings. The summed E-state index contributed by atoms with van der Waals surface area (Å²) in [6.45, 7) is 6.65. The summed E-state index contributed by atoms with van der Waals surface area (Å²) in [5.41, 5.74) is 0.793. The zero-order chi connectivity index (χ0) is 13.7. The number of carbonyl (C=O) groups excluding carboxylic acids is 1. The second kappa shape index (κ2) is 7.59. The van der Waals surface area contributed by atoms with E-state index in [0.717, 1.165) is 33.9 Å². The minimum Gasteiger partial charge on any atom is -0.352 e. The fourth-order valence-corrected chi connectivity index (χ4v) is 3.65. The lowest BCUT2D eigenvalue weighted by Gasteiger charge is -2.30. The molecule has 1 aliphatic rings. The molecule has 0 aliphatic carbocycles. The van der Waals surface area contributed by atoms with E-state index in [9.17, 15) is 4.79 Å². The van der Waals surface area contributed by atoms with Crippen molar-refractivity contribution in [2.24, 2.45) is 5.92 Å². The quantitative estimate of drug-likeness (QED) is 0.617. The van der Waals surface area contributed by atoms with Crippen LogP contribution in [0.4, 0.5) is 0 Å². The van der Waals surface area contributed by atoms with Gasteiger partial charge in [-0.3, -0.25) is 4.79 Å². The van der Waals surface area contributed by atoms with Crippen LogP contribution in [-0.4, -0.2) is 37.0 Å². The summed E-state index contributed by atoms with van der Waals surface area (Å²) < 4.78 is 1.16. The molecule has 5 heteroatoms. The third kappa shape index (κ3) is 5.04. The first kappa shape index (κ1) is 15.3. The van der Waals surface area contributed by atoms with E-state index in [2.05, 4.69) is 39.7 Å². The maximum absolute atomic E-state index is 11.8. The van der Waals surface area contributed by atoms with Crippen molar-refractivity contribution in [1.29, 1.82) is 0 Å². The monoisotopic (exact) mass is 392 g/mol. The van der Waals surface area contributed by atoms with Crippen LogP contribution in [-0.2, 0) is 0 Å². The predicted octanol–water partition coefficient (Wildman–Crippen LogP) is 3.20. The van der Waals surface area contributed by atoms with Gasteiger partial charge in [-0.05, 0) is 73.5 Å². The van der Waals surface area contributed by atoms with Crippen molar-refractivity contribution in [3.63, 3.8) is 0 Å². The number of halogens is 1. The fraction of sp³-hybridized carbons (Fsp3) is 0.643. The number of nitrogens with zero attached hydrogens (tertiary/aromatic N) is 1. The molecule has 0 unspecified atom stereocenters. The average molecular weight is 392 g/mol. The minimum absolute atomic E-state index is 0.0615. The molecule has 0 spiro atoms. The van der Waals surface area contributed by atoms with Crippen molar-refractivity contribution in [3.8, 4) is 0 Å². The number of piperidine rings is 1. The van der Waals surface area contributed by atoms with E-state index in [1.165, 1.54) is 25.9 Å². The number of hydrogen-bond donors (Lipinski definition) is 1. The standard InChI is InChI=1S/C14H21IN2OS/c1-11-3-7-17(8-4-11)6-2-5-16-14(18)12-9-13(15)19-10-12/h9-11H,2-8H2,1H3,(H,16,18). The smallest absolute Gasteiger partial charge is 0.252 e. The number of likely N-dealkylation sites (tertiary alicyclic amines) is 1. The van der Waals surface area contributed by atoms with Crippen LogP contribution < -0.4 is 5.32 Å². The number of hydrogen-bond acceptors (Lipinski definition) is 3. The molecule has 1 saturated heterocycles. The van der Waals surface area contributed by atoms with Crippen LogP contribution in [0.3, 0.4) is 0 Å². The third-order valence-electron chi connectivity index (χ3n) is 3.64. The molecule has 0 saturated carbocycles. The number of thiophene rings is 1. The fourth-order valence-electron chi connectivity index (χ4n) is 2.32. The molecule has 106 valence electrons. The van der Waals surface area contributed by atoms with Gasteiger partial charge in [0.2, 0.25) is 0 Å². The highest BCUT2D eigenvalue weighted by Crippen LogP contribution is 2.17. The SMILES string of the molecule is CC1CCN(CCCNC(=O)c2csc(I)c2)CC1. The van der Waals surface area contributed by atoms with Gasteiger partial charge in [0.1, 0.15) is 0 Å². The molecule has 1 aliphatic heterocycles. The molecule has 1 aromatic heterocycles. The van der Waals surface area contributed by atoms with E-state index in [1.54, 1.807) is 11.3 Å². The van der Waals surface area contributed by atoms with Gasteiger partial charge in [-0.2, -0.15) is 0 Å². The Kier molecular flexibility index (Phi) is 6.09. The van der Waals surface area contributed by atoms with Crippen LogP contribution >= 0.6 is 33.9 Å². The van der Waals surface area contributed by atoms with E-state index >= 15 is 0 Å². The Morgan fingerprint density at radius 2 is 2.26 bits per heavy atom. The summed E-state index contributed by atoms with van der Waals surface area (Å²) in [5.74, 6) is 0.948. The topological polar surface area (TPSA) is 32.3 Å². The van der Waals surface area contributed by atoms with Gasteiger partial charge < -0.3 is 10.2 Å². The van der Waals surface area contributed by atoms with Crippen molar-refractivity contribution < 1.29 is 4.79 Å². The van der Waals surface area contributed by atoms with Crippen LogP contribution in [0.2, 0.25) is 0 Å². The zero-order valence-corrected chi connectivity index (χ0v) is 14.3. The van der Waals surface area contributed by atoms with Gasteiger partial charge in [-0.15, -0.1) is 11.3 Å². The summed E-state index contributed by atoms with van der Waals surface area (Å²) in [7, 11) is 0. The predicted molar refractivity (Wildman–Crippen MR) is 88.8 cm³/mol. The number of carbonyl (C=O) groups is 1. The highest BCUT2D eigenvalue weighted by molar-refractivity contribution is 14.1. The Balaban J connectivity index is 1.60. The van der Waals surface area contributed by atoms with Crippen LogP contribution in [0.5, 0.6) is 0 Å². The molecule has 1 aromatic rings. The lowest BCUT2D eigenvalue weighted by Crippen LogP contribution is -2.35. The van der Waals surface area contributed by atoms with E-state index < -0.39 is 0 Å². The van der Waals surface area contributed by atoms with Crippen molar-refractivity contribution in [2.45, 2.75) is 26.2 Å². The average Bonchev–Trinajstić information content (AvgIpc) is 2.83. The summed E-state index contributed by atoms with van der Waals surface area (Å²) in [6, 6.07) is 1.94. The Morgan fingerprint density at radius 1 is 1.53 bits per heavy atom. The largest absolute Gasteiger partial charge is 0.352 e. The molecule has 3 nitrogen and oxygen atoms in total. The molecular formula is C14H21IN2OS. The zero-order valence-electron chi connectivity index (χ0n) is 11.3. The molecule has 0 radical (unpaired) electrons. The first-order valence-corrected chi connectivity index (χ1v) is 8.85. The van der Waals surface area contributed by atoms with Gasteiger partial charge in [0, 0.05) is 11.9 Å². The van der Waals surface area contributed by atoms with Crippen LogP contribution in [0, 0.1) is 8.80 Å². The van der Waals surface area contributed by atoms with Crippen LogP contribution in [0.25, 0.3) is 0 Å². The highest BCUT2D eigenvalue weighted by Gasteiger charge is 2.15. The van der Waals surface area contributed by atoms with Crippen molar-refractivity contribution in [1.82, 2.24) is 10.2 Å². The highest BCUT2D eigenvalue weighted by atomic mass is 127. The van der Waals surface area contributed by atoms with Crippen molar-refractivity contribution in [2.75, 3.05) is 26.2 Å². The van der Waals surface area contributed by atoms with Gasteiger partial charge >= 0.3 is 0 Å². The Labute approximate surface area is 132 Å². The van der Waals surface area contributed by atoms with E-state index in [0.29, 0.717) is 0 Å². The van der Waals surface area contributed by atoms with Gasteiger partial charge in [0.05, 0.1) is 8.45 Å². The Morgan fingerprint density at radius 3 is 2.89 bits per heavy atom. The second-order valence-electron chi connectivity index (χ2n) is 5.27. The maximum atomic E-state index is 11.8. The summed E-state index contributed by atoms with van der Waals surface area (Å²) in [6.07, 6.45) is 3.68. The van der Waals surface area contributed by atoms with E-state index in [-0.39, 0.29) is 5.91 Å². The van der Waals surface area contributed by atoms with Crippen molar-refractivity contribution in [3.05, 3.63) is 19.9 Å². The Hall–Kier alpha value is -0.140. The molecule has 0 bridgehead atoms. The molecule has 1 amide bonds. The number of rotatable bonds is 5. The summed E-state index contributed by atoms with van der Waals surface area (Å²) in [5, 5.41) is 4.92. The van der Waals surface area contributed by atoms with Gasteiger partial charge in [-0.1, -0.05) is 6.92 Å². The lowest BCUT2D eigenvalue weighted by molar-refractivity contribution is 0.0951. The van der Waals surface area contributed by atoms with Crippen LogP contribution in [0.1, 0.15) is 36.5 Å². The second-order valence-corrected chi connectivity index (χ2v) is 8.08. The summed E-state index contributed by atoms with van der Waals surface area (Å²) >= 11 is 3.85. The molecule has 1 N–H and O–H groups in total. The molecule has 2 heterocycles. The molecule has 19 heavy (non-hydrogen) atoms. The van der Waals surface area contributed by atoms with Gasteiger partial charge in [0.15, 0.2) is 0 Å². The van der Waals surface area contributed by atoms with E-state index in [1.807, 2.05) is 11.4 Å². The third-order valence-corrected chi connectivity index (χ3v) is 5.43. The lowest BCUT2D eigenvalue weighted by atomic mass is 9.99. The number of amides is 1. The summed E-state index contributed by atoms with van der Waals surface area (Å²) in [4.78, 5) is 14.3. The van der Waals surface area contributed by atoms with Gasteiger partial charge in [0.25, 0.3) is 5.91 Å². The minimum atomic E-state index is 0.0615. The Bertz CT molecular complexity index is 413. The first-order valence-electron chi connectivity index (χ1n) is 6.90.